The molecule has 0 aliphatic rings. The van der Waals surface area contributed by atoms with Crippen LogP contribution < -0.4 is 29.0 Å². The van der Waals surface area contributed by atoms with E-state index in [0.717, 1.165) is 5.41 Å². The Morgan fingerprint density at radius 2 is 1.55 bits per heavy atom. The molecule has 2 aromatic carbocycles. The van der Waals surface area contributed by atoms with Gasteiger partial charge < -0.3 is 24.3 Å². The highest BCUT2D eigenvalue weighted by atomic mass is 32.2. The minimum Gasteiger partial charge on any atom is -0.496 e. The van der Waals surface area contributed by atoms with Crippen LogP contribution in [0.3, 0.4) is 0 Å². The van der Waals surface area contributed by atoms with Crippen LogP contribution in [0, 0.1) is 0 Å². The highest BCUT2D eigenvalue weighted by molar-refractivity contribution is 7.95. The summed E-state index contributed by atoms with van der Waals surface area (Å²) in [5.74, 6) is 1.30. The first kappa shape index (κ1) is 23.6. The van der Waals surface area contributed by atoms with Gasteiger partial charge in [0.1, 0.15) is 23.0 Å². The number of anilines is 2. The van der Waals surface area contributed by atoms with Gasteiger partial charge in [-0.25, -0.2) is 8.42 Å². The fourth-order valence-corrected chi connectivity index (χ4v) is 3.15. The average Bonchev–Trinajstić information content (AvgIpc) is 2.76. The molecule has 166 valence electrons. The van der Waals surface area contributed by atoms with Crippen molar-refractivity contribution in [3.8, 4) is 23.0 Å². The van der Waals surface area contributed by atoms with Crippen LogP contribution in [0.1, 0.15) is 5.56 Å². The fraction of sp³-hybridized carbons (Fsp3) is 0.190. The molecule has 0 radical (unpaired) electrons. The molecule has 0 unspecified atom stereocenters. The molecule has 0 saturated carbocycles. The quantitative estimate of drug-likeness (QED) is 0.537. The minimum atomic E-state index is -3.75. The van der Waals surface area contributed by atoms with Gasteiger partial charge >= 0.3 is 0 Å². The molecule has 0 atom stereocenters. The van der Waals surface area contributed by atoms with Crippen molar-refractivity contribution in [1.82, 2.24) is 0 Å². The number of rotatable bonds is 10. The first-order chi connectivity index (χ1) is 14.8. The first-order valence-corrected chi connectivity index (χ1v) is 10.4. The predicted octanol–water partition coefficient (Wildman–Crippen LogP) is 3.26. The number of hydrogen-bond donors (Lipinski definition) is 2. The van der Waals surface area contributed by atoms with Crippen molar-refractivity contribution in [3.05, 3.63) is 54.0 Å². The van der Waals surface area contributed by atoms with E-state index >= 15 is 0 Å². The molecule has 1 amide bonds. The normalized spacial score (nSPS) is 11.0. The molecular formula is C21H24N2O7S. The van der Waals surface area contributed by atoms with Gasteiger partial charge in [0.2, 0.25) is 5.91 Å². The predicted molar refractivity (Wildman–Crippen MR) is 119 cm³/mol. The van der Waals surface area contributed by atoms with Gasteiger partial charge in [0.25, 0.3) is 10.0 Å². The van der Waals surface area contributed by atoms with Crippen LogP contribution in [0.2, 0.25) is 0 Å². The summed E-state index contributed by atoms with van der Waals surface area (Å²) >= 11 is 0. The van der Waals surface area contributed by atoms with E-state index in [4.69, 9.17) is 18.9 Å². The van der Waals surface area contributed by atoms with Crippen LogP contribution in [-0.2, 0) is 14.8 Å². The maximum atomic E-state index is 12.4. The number of carbonyl (C=O) groups is 1. The van der Waals surface area contributed by atoms with Crippen molar-refractivity contribution in [2.75, 3.05) is 38.5 Å². The van der Waals surface area contributed by atoms with Crippen molar-refractivity contribution < 1.29 is 32.2 Å². The van der Waals surface area contributed by atoms with Gasteiger partial charge in [-0.15, -0.1) is 0 Å². The molecule has 0 aliphatic heterocycles. The van der Waals surface area contributed by atoms with Crippen molar-refractivity contribution in [2.45, 2.75) is 0 Å². The molecule has 2 N–H and O–H groups in total. The van der Waals surface area contributed by atoms with Gasteiger partial charge in [-0.1, -0.05) is 6.58 Å². The molecule has 0 fully saturated rings. The molecule has 0 spiro atoms. The van der Waals surface area contributed by atoms with E-state index in [-0.39, 0.29) is 11.4 Å². The SMILES string of the molecule is C=CS(=O)(=O)Nc1cc(NC(=O)/C=C/c2c(OC)cc(OC)cc2OC)ccc1OC. The number of sulfonamides is 1. The van der Waals surface area contributed by atoms with Gasteiger partial charge in [-0.2, -0.15) is 0 Å². The molecular weight excluding hydrogens is 424 g/mol. The number of nitrogens with one attached hydrogen (secondary N) is 2. The van der Waals surface area contributed by atoms with E-state index in [1.165, 1.54) is 52.7 Å². The van der Waals surface area contributed by atoms with E-state index in [1.807, 2.05) is 0 Å². The summed E-state index contributed by atoms with van der Waals surface area (Å²) in [7, 11) is 2.16. The standard InChI is InChI=1S/C21H24N2O7S/c1-6-31(25,26)23-17-11-14(7-9-18(17)28-3)22-21(24)10-8-16-19(29-4)12-15(27-2)13-20(16)30-5/h6-13,23H,1H2,2-5H3,(H,22,24)/b10-8+. The largest absolute Gasteiger partial charge is 0.496 e. The lowest BCUT2D eigenvalue weighted by atomic mass is 10.1. The summed E-state index contributed by atoms with van der Waals surface area (Å²) < 4.78 is 46.9. The number of ether oxygens (including phenoxy) is 4. The Morgan fingerprint density at radius 1 is 0.935 bits per heavy atom. The Kier molecular flexibility index (Phi) is 7.92. The Bertz CT molecular complexity index is 1070. The molecule has 0 saturated heterocycles. The average molecular weight is 448 g/mol. The zero-order valence-electron chi connectivity index (χ0n) is 17.6. The van der Waals surface area contributed by atoms with Crippen LogP contribution in [0.5, 0.6) is 23.0 Å². The third kappa shape index (κ3) is 6.16. The summed E-state index contributed by atoms with van der Waals surface area (Å²) in [6.07, 6.45) is 2.84. The molecule has 31 heavy (non-hydrogen) atoms. The Balaban J connectivity index is 2.27. The zero-order chi connectivity index (χ0) is 23.0. The molecule has 0 aliphatic carbocycles. The monoisotopic (exact) mass is 448 g/mol. The Hall–Kier alpha value is -3.66. The summed E-state index contributed by atoms with van der Waals surface area (Å²) in [4.78, 5) is 12.4. The van der Waals surface area contributed by atoms with Gasteiger partial charge in [0.05, 0.1) is 39.7 Å². The highest BCUT2D eigenvalue weighted by Gasteiger charge is 2.13. The summed E-state index contributed by atoms with van der Waals surface area (Å²) in [5.41, 5.74) is 1.06. The summed E-state index contributed by atoms with van der Waals surface area (Å²) in [5, 5.41) is 3.43. The molecule has 0 bridgehead atoms. The maximum absolute atomic E-state index is 12.4. The van der Waals surface area contributed by atoms with Gasteiger partial charge in [0.15, 0.2) is 0 Å². The number of amides is 1. The third-order valence-corrected chi connectivity index (χ3v) is 5.04. The number of carbonyl (C=O) groups excluding carboxylic acids is 1. The van der Waals surface area contributed by atoms with Crippen molar-refractivity contribution in [3.63, 3.8) is 0 Å². The Labute approximate surface area is 181 Å². The minimum absolute atomic E-state index is 0.155. The fourth-order valence-electron chi connectivity index (χ4n) is 2.60. The van der Waals surface area contributed by atoms with E-state index in [2.05, 4.69) is 16.6 Å². The summed E-state index contributed by atoms with van der Waals surface area (Å²) in [6.45, 7) is 3.25. The molecule has 0 heterocycles. The lowest BCUT2D eigenvalue weighted by Crippen LogP contribution is -2.11. The van der Waals surface area contributed by atoms with Gasteiger partial charge in [-0.3, -0.25) is 9.52 Å². The lowest BCUT2D eigenvalue weighted by molar-refractivity contribution is -0.111. The molecule has 9 nitrogen and oxygen atoms in total. The van der Waals surface area contributed by atoms with E-state index in [1.54, 1.807) is 18.2 Å². The second kappa shape index (κ2) is 10.4. The van der Waals surface area contributed by atoms with E-state index < -0.39 is 15.9 Å². The van der Waals surface area contributed by atoms with Crippen LogP contribution in [0.25, 0.3) is 6.08 Å². The van der Waals surface area contributed by atoms with Crippen LogP contribution in [-0.4, -0.2) is 42.8 Å². The van der Waals surface area contributed by atoms with Gasteiger partial charge in [-0.05, 0) is 24.3 Å². The second-order valence-electron chi connectivity index (χ2n) is 6.00. The van der Waals surface area contributed by atoms with Gasteiger partial charge in [0, 0.05) is 29.3 Å². The molecule has 0 aromatic heterocycles. The van der Waals surface area contributed by atoms with Crippen LogP contribution >= 0.6 is 0 Å². The Morgan fingerprint density at radius 3 is 2.06 bits per heavy atom. The maximum Gasteiger partial charge on any atom is 0.254 e. The highest BCUT2D eigenvalue weighted by Crippen LogP contribution is 2.35. The van der Waals surface area contributed by atoms with Crippen LogP contribution in [0.4, 0.5) is 11.4 Å². The molecule has 2 aromatic rings. The number of benzene rings is 2. The van der Waals surface area contributed by atoms with E-state index in [9.17, 15) is 13.2 Å². The topological polar surface area (TPSA) is 112 Å². The summed E-state index contributed by atoms with van der Waals surface area (Å²) in [6, 6.07) is 7.87. The number of hydrogen-bond acceptors (Lipinski definition) is 7. The molecule has 2 rings (SSSR count). The van der Waals surface area contributed by atoms with Crippen molar-refractivity contribution in [2.24, 2.45) is 0 Å². The lowest BCUT2D eigenvalue weighted by Gasteiger charge is -2.13. The zero-order valence-corrected chi connectivity index (χ0v) is 18.4. The van der Waals surface area contributed by atoms with Crippen molar-refractivity contribution in [1.29, 1.82) is 0 Å². The second-order valence-corrected chi connectivity index (χ2v) is 7.62. The van der Waals surface area contributed by atoms with Crippen LogP contribution in [0.15, 0.2) is 48.4 Å². The smallest absolute Gasteiger partial charge is 0.254 e. The van der Waals surface area contributed by atoms with Crippen molar-refractivity contribution >= 4 is 33.4 Å². The third-order valence-electron chi connectivity index (χ3n) is 4.09. The molecule has 10 heteroatoms. The first-order valence-electron chi connectivity index (χ1n) is 8.89. The van der Waals surface area contributed by atoms with E-state index in [0.29, 0.717) is 28.5 Å². The number of methoxy groups -OCH3 is 4.